The lowest BCUT2D eigenvalue weighted by atomic mass is 9.67. The van der Waals surface area contributed by atoms with Gasteiger partial charge in [0.2, 0.25) is 0 Å². The Morgan fingerprint density at radius 1 is 1.14 bits per heavy atom. The van der Waals surface area contributed by atoms with Gasteiger partial charge in [-0.25, -0.2) is 4.98 Å². The molecule has 1 aliphatic heterocycles. The van der Waals surface area contributed by atoms with Gasteiger partial charge in [0.25, 0.3) is 0 Å². The minimum atomic E-state index is 0. The zero-order valence-electron chi connectivity index (χ0n) is 18.1. The van der Waals surface area contributed by atoms with Crippen LogP contribution in [0.5, 0.6) is 0 Å². The van der Waals surface area contributed by atoms with Crippen LogP contribution >= 0.6 is 24.0 Å². The molecule has 0 radical (unpaired) electrons. The van der Waals surface area contributed by atoms with Gasteiger partial charge in [0.1, 0.15) is 5.82 Å². The molecule has 1 aromatic heterocycles. The fraction of sp³-hybridized carbons (Fsp3) is 0.727. The van der Waals surface area contributed by atoms with E-state index in [4.69, 9.17) is 9.72 Å². The summed E-state index contributed by atoms with van der Waals surface area (Å²) in [4.78, 5) is 11.5. The highest BCUT2D eigenvalue weighted by Crippen LogP contribution is 2.43. The number of methoxy groups -OCH3 is 1. The molecule has 2 aliphatic rings. The third-order valence-corrected chi connectivity index (χ3v) is 6.30. The second-order valence-electron chi connectivity index (χ2n) is 8.30. The Balaban J connectivity index is 0.00000300. The third-order valence-electron chi connectivity index (χ3n) is 6.30. The van der Waals surface area contributed by atoms with Gasteiger partial charge in [-0.1, -0.05) is 25.3 Å². The minimum absolute atomic E-state index is 0. The maximum Gasteiger partial charge on any atom is 0.191 e. The Hall–Kier alpha value is -1.09. The molecule has 7 heteroatoms. The van der Waals surface area contributed by atoms with Crippen molar-refractivity contribution in [3.8, 4) is 0 Å². The van der Waals surface area contributed by atoms with E-state index in [1.807, 2.05) is 13.2 Å². The summed E-state index contributed by atoms with van der Waals surface area (Å²) in [5.41, 5.74) is 1.56. The van der Waals surface area contributed by atoms with Crippen LogP contribution in [-0.4, -0.2) is 51.3 Å². The van der Waals surface area contributed by atoms with Crippen molar-refractivity contribution < 1.29 is 4.74 Å². The fourth-order valence-corrected chi connectivity index (χ4v) is 4.20. The van der Waals surface area contributed by atoms with Crippen molar-refractivity contribution in [2.75, 3.05) is 45.3 Å². The van der Waals surface area contributed by atoms with Crippen LogP contribution in [0.25, 0.3) is 0 Å². The Kier molecular flexibility index (Phi) is 10.5. The van der Waals surface area contributed by atoms with Crippen LogP contribution in [0.15, 0.2) is 23.3 Å². The molecule has 1 saturated carbocycles. The lowest BCUT2D eigenvalue weighted by molar-refractivity contribution is 0.0732. The van der Waals surface area contributed by atoms with Crippen molar-refractivity contribution in [2.45, 2.75) is 57.9 Å². The van der Waals surface area contributed by atoms with Crippen molar-refractivity contribution in [2.24, 2.45) is 10.4 Å². The Morgan fingerprint density at radius 2 is 1.90 bits per heavy atom. The van der Waals surface area contributed by atoms with Gasteiger partial charge < -0.3 is 20.3 Å². The second-order valence-corrected chi connectivity index (χ2v) is 8.30. The number of guanidine groups is 1. The Bertz CT molecular complexity index is 610. The number of hydrogen-bond acceptors (Lipinski definition) is 4. The summed E-state index contributed by atoms with van der Waals surface area (Å²) < 4.78 is 5.29. The van der Waals surface area contributed by atoms with Crippen LogP contribution in [0.4, 0.5) is 5.82 Å². The highest BCUT2D eigenvalue weighted by atomic mass is 127. The molecule has 0 atom stereocenters. The van der Waals surface area contributed by atoms with Gasteiger partial charge >= 0.3 is 0 Å². The van der Waals surface area contributed by atoms with E-state index in [9.17, 15) is 0 Å². The summed E-state index contributed by atoms with van der Waals surface area (Å²) in [6.45, 7) is 4.79. The van der Waals surface area contributed by atoms with Crippen LogP contribution in [0.1, 0.15) is 56.9 Å². The van der Waals surface area contributed by atoms with Crippen molar-refractivity contribution in [1.29, 1.82) is 0 Å². The first-order valence-corrected chi connectivity index (χ1v) is 10.9. The van der Waals surface area contributed by atoms with Gasteiger partial charge in [-0.3, -0.25) is 4.99 Å². The summed E-state index contributed by atoms with van der Waals surface area (Å²) in [6.07, 6.45) is 12.2. The molecule has 3 rings (SSSR count). The van der Waals surface area contributed by atoms with Gasteiger partial charge in [0.05, 0.1) is 0 Å². The molecule has 164 valence electrons. The van der Waals surface area contributed by atoms with Crippen molar-refractivity contribution in [1.82, 2.24) is 15.6 Å². The molecular formula is C22H38IN5O. The van der Waals surface area contributed by atoms with Crippen molar-refractivity contribution in [3.63, 3.8) is 0 Å². The number of hydrogen-bond donors (Lipinski definition) is 2. The molecule has 2 heterocycles. The van der Waals surface area contributed by atoms with Gasteiger partial charge in [-0.15, -0.1) is 24.0 Å². The van der Waals surface area contributed by atoms with E-state index in [-0.39, 0.29) is 24.0 Å². The van der Waals surface area contributed by atoms with Crippen LogP contribution < -0.4 is 15.5 Å². The van der Waals surface area contributed by atoms with Gasteiger partial charge in [0.15, 0.2) is 5.96 Å². The minimum Gasteiger partial charge on any atom is -0.385 e. The first-order valence-electron chi connectivity index (χ1n) is 10.9. The SMILES string of the molecule is CN=C(NCc1ccc(N2CCCCCC2)nc1)NCC1(CCOC)CCC1.I. The number of halogens is 1. The number of nitrogens with zero attached hydrogens (tertiary/aromatic N) is 3. The predicted molar refractivity (Wildman–Crippen MR) is 131 cm³/mol. The molecule has 2 N–H and O–H groups in total. The van der Waals surface area contributed by atoms with E-state index in [0.717, 1.165) is 51.0 Å². The lowest BCUT2D eigenvalue weighted by Crippen LogP contribution is -2.46. The number of nitrogens with one attached hydrogen (secondary N) is 2. The summed E-state index contributed by atoms with van der Waals surface area (Å²) in [7, 11) is 3.62. The smallest absolute Gasteiger partial charge is 0.191 e. The van der Waals surface area contributed by atoms with Gasteiger partial charge in [-0.2, -0.15) is 0 Å². The molecule has 29 heavy (non-hydrogen) atoms. The topological polar surface area (TPSA) is 61.8 Å². The van der Waals surface area contributed by atoms with Gasteiger partial charge in [0, 0.05) is 53.1 Å². The fourth-order valence-electron chi connectivity index (χ4n) is 4.20. The summed E-state index contributed by atoms with van der Waals surface area (Å²) in [5.74, 6) is 1.97. The standard InChI is InChI=1S/C22H37N5O.HI/c1-23-21(26-18-22(10-7-11-22)12-15-28-2)25-17-19-8-9-20(24-16-19)27-13-5-3-4-6-14-27;/h8-9,16H,3-7,10-15,17-18H2,1-2H3,(H2,23,25,26);1H. The zero-order chi connectivity index (χ0) is 19.7. The number of aromatic nitrogens is 1. The molecule has 0 unspecified atom stereocenters. The number of anilines is 1. The van der Waals surface area contributed by atoms with E-state index in [2.05, 4.69) is 32.7 Å². The van der Waals surface area contributed by atoms with Crippen LogP contribution in [-0.2, 0) is 11.3 Å². The molecule has 1 aliphatic carbocycles. The summed E-state index contributed by atoms with van der Waals surface area (Å²) in [6, 6.07) is 4.34. The van der Waals surface area contributed by atoms with E-state index >= 15 is 0 Å². The molecule has 1 aromatic rings. The Labute approximate surface area is 193 Å². The molecule has 6 nitrogen and oxygen atoms in total. The largest absolute Gasteiger partial charge is 0.385 e. The molecule has 0 aromatic carbocycles. The normalized spacial score (nSPS) is 19.0. The third kappa shape index (κ3) is 7.27. The number of ether oxygens (including phenoxy) is 1. The first-order chi connectivity index (χ1) is 13.7. The second kappa shape index (κ2) is 12.6. The van der Waals surface area contributed by atoms with Crippen molar-refractivity contribution >= 4 is 35.8 Å². The molecule has 0 amide bonds. The van der Waals surface area contributed by atoms with Crippen LogP contribution in [0.2, 0.25) is 0 Å². The Morgan fingerprint density at radius 3 is 2.45 bits per heavy atom. The zero-order valence-corrected chi connectivity index (χ0v) is 20.4. The van der Waals surface area contributed by atoms with E-state index in [1.54, 1.807) is 7.11 Å². The lowest BCUT2D eigenvalue weighted by Gasteiger charge is -2.42. The molecule has 1 saturated heterocycles. The first kappa shape index (κ1) is 24.2. The number of rotatable bonds is 8. The number of pyridine rings is 1. The summed E-state index contributed by atoms with van der Waals surface area (Å²) >= 11 is 0. The van der Waals surface area contributed by atoms with Gasteiger partial charge in [-0.05, 0) is 49.1 Å². The highest BCUT2D eigenvalue weighted by molar-refractivity contribution is 14.0. The summed E-state index contributed by atoms with van der Waals surface area (Å²) in [5, 5.41) is 6.94. The maximum absolute atomic E-state index is 5.29. The van der Waals surface area contributed by atoms with E-state index in [0.29, 0.717) is 5.41 Å². The number of aliphatic imine (C=N–C) groups is 1. The highest BCUT2D eigenvalue weighted by Gasteiger charge is 2.36. The average molecular weight is 515 g/mol. The molecular weight excluding hydrogens is 477 g/mol. The van der Waals surface area contributed by atoms with E-state index < -0.39 is 0 Å². The van der Waals surface area contributed by atoms with Crippen molar-refractivity contribution in [3.05, 3.63) is 23.9 Å². The molecule has 0 spiro atoms. The van der Waals surface area contributed by atoms with Crippen LogP contribution in [0, 0.1) is 5.41 Å². The maximum atomic E-state index is 5.29. The van der Waals surface area contributed by atoms with E-state index in [1.165, 1.54) is 50.5 Å². The van der Waals surface area contributed by atoms with Crippen LogP contribution in [0.3, 0.4) is 0 Å². The molecule has 0 bridgehead atoms. The predicted octanol–water partition coefficient (Wildman–Crippen LogP) is 3.95. The monoisotopic (exact) mass is 515 g/mol. The quantitative estimate of drug-likeness (QED) is 0.312. The average Bonchev–Trinajstić information content (AvgIpc) is 2.99. The molecule has 2 fully saturated rings.